The molecule has 0 aliphatic carbocycles. The van der Waals surface area contributed by atoms with Crippen LogP contribution >= 0.6 is 12.4 Å². The van der Waals surface area contributed by atoms with Crippen molar-refractivity contribution in [3.05, 3.63) is 0 Å². The lowest BCUT2D eigenvalue weighted by Gasteiger charge is -2.27. The summed E-state index contributed by atoms with van der Waals surface area (Å²) >= 11 is 0. The van der Waals surface area contributed by atoms with Gasteiger partial charge >= 0.3 is 6.16 Å². The maximum Gasteiger partial charge on any atom is 0.506 e. The van der Waals surface area contributed by atoms with Crippen molar-refractivity contribution in [3.63, 3.8) is 0 Å². The summed E-state index contributed by atoms with van der Waals surface area (Å²) in [7, 11) is 2.02. The molecule has 1 saturated heterocycles. The fourth-order valence-electron chi connectivity index (χ4n) is 1.25. The molecule has 1 heterocycles. The smallest absolute Gasteiger partial charge is 0.450 e. The van der Waals surface area contributed by atoms with E-state index in [2.05, 4.69) is 9.64 Å². The predicted molar refractivity (Wildman–Crippen MR) is 46.9 cm³/mol. The Morgan fingerprint density at radius 3 is 2.42 bits per heavy atom. The van der Waals surface area contributed by atoms with Gasteiger partial charge in [0.15, 0.2) is 0 Å². The van der Waals surface area contributed by atoms with Gasteiger partial charge in [-0.1, -0.05) is 0 Å². The van der Waals surface area contributed by atoms with E-state index >= 15 is 0 Å². The van der Waals surface area contributed by atoms with E-state index in [9.17, 15) is 4.79 Å². The monoisotopic (exact) mass is 195 g/mol. The quantitative estimate of drug-likeness (QED) is 0.639. The fraction of sp³-hybridized carbons (Fsp3) is 0.857. The number of likely N-dealkylation sites (tertiary alicyclic amines) is 1. The molecule has 0 aromatic carbocycles. The van der Waals surface area contributed by atoms with Crippen LogP contribution in [0.5, 0.6) is 0 Å². The second-order valence-electron chi connectivity index (χ2n) is 2.89. The second-order valence-corrected chi connectivity index (χ2v) is 2.89. The van der Waals surface area contributed by atoms with Gasteiger partial charge in [0.25, 0.3) is 0 Å². The molecular weight excluding hydrogens is 182 g/mol. The number of nitrogens with zero attached hydrogens (tertiary/aromatic N) is 1. The molecular formula is C7H14ClNO3. The number of hydrogen-bond acceptors (Lipinski definition) is 3. The first-order valence-electron chi connectivity index (χ1n) is 3.76. The Bertz CT molecular complexity index is 146. The van der Waals surface area contributed by atoms with Gasteiger partial charge in [0.1, 0.15) is 6.10 Å². The normalized spacial score (nSPS) is 19.8. The van der Waals surface area contributed by atoms with Crippen LogP contribution in [0.3, 0.4) is 0 Å². The predicted octanol–water partition coefficient (Wildman–Crippen LogP) is 1.20. The Morgan fingerprint density at radius 1 is 1.50 bits per heavy atom. The van der Waals surface area contributed by atoms with Crippen LogP contribution in [0, 0.1) is 0 Å². The minimum atomic E-state index is -1.15. The van der Waals surface area contributed by atoms with Crippen molar-refractivity contribution in [1.82, 2.24) is 4.90 Å². The zero-order chi connectivity index (χ0) is 8.27. The fourth-order valence-corrected chi connectivity index (χ4v) is 1.25. The van der Waals surface area contributed by atoms with Crippen molar-refractivity contribution in [2.45, 2.75) is 18.9 Å². The molecule has 72 valence electrons. The topological polar surface area (TPSA) is 49.8 Å². The highest BCUT2D eigenvalue weighted by molar-refractivity contribution is 5.85. The molecule has 0 saturated carbocycles. The van der Waals surface area contributed by atoms with Crippen LogP contribution in [0.4, 0.5) is 4.79 Å². The summed E-state index contributed by atoms with van der Waals surface area (Å²) in [5.74, 6) is 0. The molecule has 1 aliphatic rings. The molecule has 0 aromatic heterocycles. The van der Waals surface area contributed by atoms with Gasteiger partial charge in [-0.25, -0.2) is 4.79 Å². The molecule has 4 nitrogen and oxygen atoms in total. The molecule has 0 bridgehead atoms. The van der Waals surface area contributed by atoms with E-state index in [1.54, 1.807) is 0 Å². The molecule has 0 radical (unpaired) electrons. The molecule has 0 spiro atoms. The Balaban J connectivity index is 0.00000121. The van der Waals surface area contributed by atoms with E-state index in [1.165, 1.54) is 0 Å². The van der Waals surface area contributed by atoms with Crippen LogP contribution in [-0.2, 0) is 4.74 Å². The highest BCUT2D eigenvalue weighted by Gasteiger charge is 2.19. The maximum atomic E-state index is 10.1. The molecule has 1 fully saturated rings. The Hall–Kier alpha value is -0.480. The Labute approximate surface area is 77.9 Å². The first kappa shape index (κ1) is 11.5. The third-order valence-corrected chi connectivity index (χ3v) is 1.93. The first-order valence-corrected chi connectivity index (χ1v) is 3.76. The van der Waals surface area contributed by atoms with E-state index in [1.807, 2.05) is 7.05 Å². The maximum absolute atomic E-state index is 10.1. The summed E-state index contributed by atoms with van der Waals surface area (Å²) in [5, 5.41) is 8.30. The number of piperidine rings is 1. The summed E-state index contributed by atoms with van der Waals surface area (Å²) < 4.78 is 4.63. The van der Waals surface area contributed by atoms with Gasteiger partial charge < -0.3 is 14.7 Å². The molecule has 1 N–H and O–H groups in total. The van der Waals surface area contributed by atoms with E-state index in [-0.39, 0.29) is 18.5 Å². The van der Waals surface area contributed by atoms with Crippen LogP contribution in [0.1, 0.15) is 12.8 Å². The van der Waals surface area contributed by atoms with Crippen LogP contribution in [0.2, 0.25) is 0 Å². The van der Waals surface area contributed by atoms with Gasteiger partial charge in [-0.05, 0) is 19.9 Å². The van der Waals surface area contributed by atoms with Gasteiger partial charge in [-0.3, -0.25) is 0 Å². The zero-order valence-corrected chi connectivity index (χ0v) is 7.84. The highest BCUT2D eigenvalue weighted by Crippen LogP contribution is 2.11. The second kappa shape index (κ2) is 5.22. The van der Waals surface area contributed by atoms with E-state index < -0.39 is 6.16 Å². The summed E-state index contributed by atoms with van der Waals surface area (Å²) in [6, 6.07) is 0. The molecule has 5 heteroatoms. The minimum absolute atomic E-state index is 0. The van der Waals surface area contributed by atoms with E-state index in [0.717, 1.165) is 25.9 Å². The van der Waals surface area contributed by atoms with Crippen LogP contribution in [-0.4, -0.2) is 42.4 Å². The lowest BCUT2D eigenvalue weighted by molar-refractivity contribution is 0.0240. The average molecular weight is 196 g/mol. The number of ether oxygens (including phenoxy) is 1. The number of halogens is 1. The van der Waals surface area contributed by atoms with Crippen molar-refractivity contribution in [2.75, 3.05) is 20.1 Å². The van der Waals surface area contributed by atoms with Gasteiger partial charge in [0.2, 0.25) is 0 Å². The molecule has 1 aliphatic heterocycles. The van der Waals surface area contributed by atoms with Gasteiger partial charge in [-0.2, -0.15) is 0 Å². The Kier molecular flexibility index (Phi) is 5.01. The number of hydrogen-bond donors (Lipinski definition) is 1. The molecule has 12 heavy (non-hydrogen) atoms. The molecule has 0 atom stereocenters. The third-order valence-electron chi connectivity index (χ3n) is 1.93. The average Bonchev–Trinajstić information content (AvgIpc) is 1.93. The minimum Gasteiger partial charge on any atom is -0.450 e. The van der Waals surface area contributed by atoms with Crippen LogP contribution < -0.4 is 0 Å². The van der Waals surface area contributed by atoms with Gasteiger partial charge in [0.05, 0.1) is 0 Å². The summed E-state index contributed by atoms with van der Waals surface area (Å²) in [5.41, 5.74) is 0. The SMILES string of the molecule is CN1CCC(OC(=O)O)CC1.Cl. The van der Waals surface area contributed by atoms with Crippen LogP contribution in [0.25, 0.3) is 0 Å². The standard InChI is InChI=1S/C7H13NO3.ClH/c1-8-4-2-6(3-5-8)11-7(9)10;/h6H,2-5H2,1H3,(H,9,10);1H. The Morgan fingerprint density at radius 2 is 2.00 bits per heavy atom. The molecule has 0 aromatic rings. The third kappa shape index (κ3) is 3.78. The van der Waals surface area contributed by atoms with Crippen molar-refractivity contribution < 1.29 is 14.6 Å². The molecule has 1 rings (SSSR count). The number of rotatable bonds is 1. The summed E-state index contributed by atoms with van der Waals surface area (Å²) in [6.45, 7) is 1.86. The summed E-state index contributed by atoms with van der Waals surface area (Å²) in [4.78, 5) is 12.3. The van der Waals surface area contributed by atoms with Crippen molar-refractivity contribution in [3.8, 4) is 0 Å². The van der Waals surface area contributed by atoms with Gasteiger partial charge in [-0.15, -0.1) is 12.4 Å². The lowest BCUT2D eigenvalue weighted by atomic mass is 10.1. The van der Waals surface area contributed by atoms with E-state index in [0.29, 0.717) is 0 Å². The lowest BCUT2D eigenvalue weighted by Crippen LogP contribution is -2.35. The number of carboxylic acid groups (broad SMARTS) is 1. The van der Waals surface area contributed by atoms with Crippen LogP contribution in [0.15, 0.2) is 0 Å². The van der Waals surface area contributed by atoms with Crippen molar-refractivity contribution in [1.29, 1.82) is 0 Å². The molecule has 0 unspecified atom stereocenters. The molecule has 0 amide bonds. The largest absolute Gasteiger partial charge is 0.506 e. The summed E-state index contributed by atoms with van der Waals surface area (Å²) in [6.07, 6.45) is 0.411. The zero-order valence-electron chi connectivity index (χ0n) is 7.02. The van der Waals surface area contributed by atoms with Gasteiger partial charge in [0, 0.05) is 13.1 Å². The highest BCUT2D eigenvalue weighted by atomic mass is 35.5. The van der Waals surface area contributed by atoms with Crippen molar-refractivity contribution in [2.24, 2.45) is 0 Å². The van der Waals surface area contributed by atoms with E-state index in [4.69, 9.17) is 5.11 Å². The van der Waals surface area contributed by atoms with Crippen molar-refractivity contribution >= 4 is 18.6 Å². The number of carbonyl (C=O) groups is 1. The first-order chi connectivity index (χ1) is 5.18.